The molecule has 0 amide bonds. The molecule has 1 aliphatic heterocycles. The van der Waals surface area contributed by atoms with Gasteiger partial charge >= 0.3 is 0 Å². The van der Waals surface area contributed by atoms with Gasteiger partial charge in [0, 0.05) is 46.4 Å². The van der Waals surface area contributed by atoms with E-state index < -0.39 is 0 Å². The van der Waals surface area contributed by atoms with Crippen molar-refractivity contribution in [2.24, 2.45) is 5.73 Å². The van der Waals surface area contributed by atoms with Crippen LogP contribution in [0.4, 0.5) is 0 Å². The number of nitrogens with two attached hydrogens (primary N) is 1. The molecule has 0 bridgehead atoms. The average molecular weight is 332 g/mol. The van der Waals surface area contributed by atoms with E-state index in [1.165, 1.54) is 4.88 Å². The van der Waals surface area contributed by atoms with E-state index in [2.05, 4.69) is 58.1 Å². The molecule has 2 N–H and O–H groups in total. The molecule has 2 rings (SSSR count). The van der Waals surface area contributed by atoms with Crippen LogP contribution in [-0.4, -0.2) is 48.6 Å². The molecule has 0 aromatic carbocycles. The number of hydrogen-bond donors (Lipinski definition) is 1. The minimum atomic E-state index is 0.222. The van der Waals surface area contributed by atoms with Gasteiger partial charge < -0.3 is 5.73 Å². The van der Waals surface area contributed by atoms with Crippen LogP contribution < -0.4 is 5.73 Å². The Hall–Kier alpha value is 0.0600. The lowest BCUT2D eigenvalue weighted by Crippen LogP contribution is -2.58. The molecule has 0 spiro atoms. The van der Waals surface area contributed by atoms with Gasteiger partial charge in [0.15, 0.2) is 0 Å². The molecule has 1 fully saturated rings. The molecular weight excluding hydrogens is 310 g/mol. The lowest BCUT2D eigenvalue weighted by Gasteiger charge is -2.47. The van der Waals surface area contributed by atoms with Gasteiger partial charge in [-0.25, -0.2) is 0 Å². The van der Waals surface area contributed by atoms with Crippen molar-refractivity contribution in [1.82, 2.24) is 9.80 Å². The van der Waals surface area contributed by atoms with Gasteiger partial charge in [-0.15, -0.1) is 11.3 Å². The van der Waals surface area contributed by atoms with Crippen molar-refractivity contribution < 1.29 is 0 Å². The van der Waals surface area contributed by atoms with Crippen molar-refractivity contribution in [3.63, 3.8) is 0 Å². The molecule has 1 atom stereocenters. The van der Waals surface area contributed by atoms with Gasteiger partial charge in [0.25, 0.3) is 0 Å². The largest absolute Gasteiger partial charge is 0.329 e. The summed E-state index contributed by atoms with van der Waals surface area (Å²) in [7, 11) is 2.20. The summed E-state index contributed by atoms with van der Waals surface area (Å²) in [6, 6.07) is 2.56. The Morgan fingerprint density at radius 2 is 2.22 bits per heavy atom. The molecule has 1 aromatic rings. The Labute approximate surface area is 122 Å². The average Bonchev–Trinajstić information content (AvgIpc) is 2.71. The van der Waals surface area contributed by atoms with Crippen molar-refractivity contribution in [3.05, 3.63) is 20.8 Å². The van der Waals surface area contributed by atoms with Crippen molar-refractivity contribution in [3.8, 4) is 0 Å². The second kappa shape index (κ2) is 5.59. The highest BCUT2D eigenvalue weighted by molar-refractivity contribution is 9.10. The second-order valence-corrected chi connectivity index (χ2v) is 7.48. The van der Waals surface area contributed by atoms with Crippen molar-refractivity contribution in [2.75, 3.05) is 33.2 Å². The minimum Gasteiger partial charge on any atom is -0.329 e. The summed E-state index contributed by atoms with van der Waals surface area (Å²) in [6.07, 6.45) is 0. The fourth-order valence-corrected chi connectivity index (χ4v) is 4.08. The highest BCUT2D eigenvalue weighted by atomic mass is 79.9. The zero-order chi connectivity index (χ0) is 13.3. The van der Waals surface area contributed by atoms with Crippen molar-refractivity contribution in [2.45, 2.75) is 25.4 Å². The normalized spacial score (nSPS) is 23.2. The van der Waals surface area contributed by atoms with Crippen molar-refractivity contribution in [1.29, 1.82) is 0 Å². The third-order valence-electron chi connectivity index (χ3n) is 3.93. The van der Waals surface area contributed by atoms with Crippen LogP contribution in [0, 0.1) is 0 Å². The molecule has 1 unspecified atom stereocenters. The number of likely N-dealkylation sites (N-methyl/N-ethyl adjacent to an activating group) is 1. The van der Waals surface area contributed by atoms with Gasteiger partial charge in [-0.3, -0.25) is 9.80 Å². The van der Waals surface area contributed by atoms with Crippen LogP contribution >= 0.6 is 27.3 Å². The van der Waals surface area contributed by atoms with Gasteiger partial charge in [-0.2, -0.15) is 0 Å². The van der Waals surface area contributed by atoms with Gasteiger partial charge in [0.1, 0.15) is 0 Å². The second-order valence-electron chi connectivity index (χ2n) is 5.62. The number of piperazine rings is 1. The maximum absolute atomic E-state index is 6.00. The molecular formula is C13H22BrN3S. The zero-order valence-corrected chi connectivity index (χ0v) is 13.7. The van der Waals surface area contributed by atoms with Gasteiger partial charge in [0.2, 0.25) is 0 Å². The van der Waals surface area contributed by atoms with Crippen LogP contribution in [0.1, 0.15) is 24.8 Å². The van der Waals surface area contributed by atoms with Gasteiger partial charge in [-0.05, 0) is 42.9 Å². The molecule has 0 saturated carbocycles. The van der Waals surface area contributed by atoms with Crippen LogP contribution in [0.25, 0.3) is 0 Å². The predicted molar refractivity (Wildman–Crippen MR) is 82.1 cm³/mol. The van der Waals surface area contributed by atoms with E-state index in [1.54, 1.807) is 11.3 Å². The summed E-state index contributed by atoms with van der Waals surface area (Å²) in [4.78, 5) is 6.32. The number of hydrogen-bond acceptors (Lipinski definition) is 4. The highest BCUT2D eigenvalue weighted by Gasteiger charge is 2.34. The lowest BCUT2D eigenvalue weighted by atomic mass is 9.98. The Kier molecular flexibility index (Phi) is 4.49. The van der Waals surface area contributed by atoms with Crippen LogP contribution in [0.2, 0.25) is 0 Å². The molecule has 3 nitrogen and oxygen atoms in total. The quantitative estimate of drug-likeness (QED) is 0.923. The lowest BCUT2D eigenvalue weighted by molar-refractivity contribution is 0.0188. The van der Waals surface area contributed by atoms with Crippen LogP contribution in [0.5, 0.6) is 0 Å². The first kappa shape index (κ1) is 14.5. The van der Waals surface area contributed by atoms with E-state index in [0.717, 1.165) is 24.1 Å². The minimum absolute atomic E-state index is 0.222. The first-order valence-corrected chi connectivity index (χ1v) is 8.00. The highest BCUT2D eigenvalue weighted by Crippen LogP contribution is 2.32. The van der Waals surface area contributed by atoms with E-state index >= 15 is 0 Å². The van der Waals surface area contributed by atoms with Crippen LogP contribution in [0.3, 0.4) is 0 Å². The molecule has 1 aliphatic rings. The molecule has 0 aliphatic carbocycles. The third kappa shape index (κ3) is 2.96. The van der Waals surface area contributed by atoms with E-state index in [0.29, 0.717) is 12.6 Å². The van der Waals surface area contributed by atoms with Crippen molar-refractivity contribution >= 4 is 27.3 Å². The Morgan fingerprint density at radius 1 is 1.50 bits per heavy atom. The number of nitrogens with zero attached hydrogens (tertiary/aromatic N) is 2. The number of rotatable bonds is 3. The maximum atomic E-state index is 6.00. The number of halogens is 1. The molecule has 1 saturated heterocycles. The summed E-state index contributed by atoms with van der Waals surface area (Å²) in [5, 5.41) is 2.14. The van der Waals surface area contributed by atoms with Crippen LogP contribution in [-0.2, 0) is 0 Å². The Balaban J connectivity index is 2.14. The zero-order valence-electron chi connectivity index (χ0n) is 11.3. The molecule has 2 heterocycles. The smallest absolute Gasteiger partial charge is 0.0565 e. The van der Waals surface area contributed by atoms with E-state index in [9.17, 15) is 0 Å². The van der Waals surface area contributed by atoms with E-state index in [-0.39, 0.29) is 5.54 Å². The van der Waals surface area contributed by atoms with E-state index in [4.69, 9.17) is 5.73 Å². The first-order valence-electron chi connectivity index (χ1n) is 6.33. The first-order chi connectivity index (χ1) is 8.44. The summed E-state index contributed by atoms with van der Waals surface area (Å²) in [5.74, 6) is 0. The SMILES string of the molecule is CN1CCN(C(CN)c2cc(Br)cs2)CC1(C)C. The maximum Gasteiger partial charge on any atom is 0.0565 e. The van der Waals surface area contributed by atoms with Gasteiger partial charge in [-0.1, -0.05) is 0 Å². The summed E-state index contributed by atoms with van der Waals surface area (Å²) >= 11 is 5.32. The van der Waals surface area contributed by atoms with E-state index in [1.807, 2.05) is 0 Å². The molecule has 0 radical (unpaired) electrons. The molecule has 5 heteroatoms. The number of thiophene rings is 1. The predicted octanol–water partition coefficient (Wildman–Crippen LogP) is 2.54. The fraction of sp³-hybridized carbons (Fsp3) is 0.692. The Bertz CT molecular complexity index is 405. The monoisotopic (exact) mass is 331 g/mol. The third-order valence-corrected chi connectivity index (χ3v) is 5.72. The standard InChI is InChI=1S/C13H22BrN3S/c1-13(2)9-17(5-4-16(13)3)11(7-15)12-6-10(14)8-18-12/h6,8,11H,4-5,7,9,15H2,1-3H3. The summed E-state index contributed by atoms with van der Waals surface area (Å²) < 4.78 is 1.16. The fourth-order valence-electron chi connectivity index (χ4n) is 2.49. The molecule has 1 aromatic heterocycles. The van der Waals surface area contributed by atoms with Crippen LogP contribution in [0.15, 0.2) is 15.9 Å². The Morgan fingerprint density at radius 3 is 2.72 bits per heavy atom. The molecule has 102 valence electrons. The summed E-state index contributed by atoms with van der Waals surface area (Å²) in [6.45, 7) is 8.56. The van der Waals surface area contributed by atoms with Gasteiger partial charge in [0.05, 0.1) is 6.04 Å². The molecule has 18 heavy (non-hydrogen) atoms. The topological polar surface area (TPSA) is 32.5 Å². The summed E-state index contributed by atoms with van der Waals surface area (Å²) in [5.41, 5.74) is 6.23.